The molecule has 6 heteroatoms. The van der Waals surface area contributed by atoms with Crippen molar-refractivity contribution in [1.82, 2.24) is 20.1 Å². The summed E-state index contributed by atoms with van der Waals surface area (Å²) < 4.78 is 1.93. The highest BCUT2D eigenvalue weighted by Gasteiger charge is 2.29. The fourth-order valence-corrected chi connectivity index (χ4v) is 2.18. The third kappa shape index (κ3) is 2.89. The van der Waals surface area contributed by atoms with E-state index in [4.69, 9.17) is 0 Å². The lowest BCUT2D eigenvalue weighted by Gasteiger charge is -2.33. The highest BCUT2D eigenvalue weighted by Crippen LogP contribution is 2.16. The van der Waals surface area contributed by atoms with Crippen LogP contribution in [0.1, 0.15) is 23.8 Å². The van der Waals surface area contributed by atoms with Crippen LogP contribution < -0.4 is 10.6 Å². The molecule has 2 N–H and O–H groups in total. The van der Waals surface area contributed by atoms with Crippen molar-refractivity contribution >= 4 is 11.9 Å². The normalized spacial score (nSPS) is 18.1. The average molecular weight is 264 g/mol. The summed E-state index contributed by atoms with van der Waals surface area (Å²) in [5.74, 6) is -0.00276. The van der Waals surface area contributed by atoms with Gasteiger partial charge in [0.05, 0.1) is 6.04 Å². The van der Waals surface area contributed by atoms with Crippen molar-refractivity contribution in [1.29, 1.82) is 0 Å². The van der Waals surface area contributed by atoms with Crippen LogP contribution in [0.5, 0.6) is 0 Å². The second kappa shape index (κ2) is 5.77. The number of amides is 3. The number of nitrogens with zero attached hydrogens (tertiary/aromatic N) is 2. The summed E-state index contributed by atoms with van der Waals surface area (Å²) in [4.78, 5) is 25.3. The van der Waals surface area contributed by atoms with Gasteiger partial charge in [-0.2, -0.15) is 0 Å². The largest absolute Gasteiger partial charge is 0.341 e. The molecule has 0 radical (unpaired) electrons. The van der Waals surface area contributed by atoms with E-state index in [1.54, 1.807) is 11.9 Å². The molecule has 1 unspecified atom stereocenters. The molecular formula is C13H20N4O2. The Kier molecular flexibility index (Phi) is 4.09. The lowest BCUT2D eigenvalue weighted by Crippen LogP contribution is -2.52. The minimum atomic E-state index is -0.180. The predicted molar refractivity (Wildman–Crippen MR) is 72.0 cm³/mol. The first-order valence-electron chi connectivity index (χ1n) is 6.57. The molecule has 6 nitrogen and oxygen atoms in total. The molecule has 1 atom stereocenters. The first-order chi connectivity index (χ1) is 9.13. The summed E-state index contributed by atoms with van der Waals surface area (Å²) >= 11 is 0. The van der Waals surface area contributed by atoms with Gasteiger partial charge >= 0.3 is 6.03 Å². The van der Waals surface area contributed by atoms with Gasteiger partial charge in [-0.1, -0.05) is 6.92 Å². The van der Waals surface area contributed by atoms with Crippen molar-refractivity contribution in [2.24, 2.45) is 0 Å². The van der Waals surface area contributed by atoms with E-state index in [-0.39, 0.29) is 18.0 Å². The molecule has 19 heavy (non-hydrogen) atoms. The molecule has 104 valence electrons. The van der Waals surface area contributed by atoms with Gasteiger partial charge < -0.3 is 20.1 Å². The summed E-state index contributed by atoms with van der Waals surface area (Å²) in [5.41, 5.74) is 0.703. The van der Waals surface area contributed by atoms with Gasteiger partial charge in [-0.3, -0.25) is 4.79 Å². The molecule has 1 aromatic rings. The van der Waals surface area contributed by atoms with E-state index in [1.807, 2.05) is 29.8 Å². The molecule has 0 aliphatic carbocycles. The van der Waals surface area contributed by atoms with Crippen LogP contribution in [0.3, 0.4) is 0 Å². The molecule has 0 saturated heterocycles. The fourth-order valence-electron chi connectivity index (χ4n) is 2.18. The van der Waals surface area contributed by atoms with Crippen LogP contribution in [0.4, 0.5) is 4.79 Å². The zero-order valence-electron chi connectivity index (χ0n) is 11.3. The van der Waals surface area contributed by atoms with Gasteiger partial charge in [0.15, 0.2) is 0 Å². The molecular weight excluding hydrogens is 244 g/mol. The summed E-state index contributed by atoms with van der Waals surface area (Å²) in [6, 6.07) is 3.49. The Morgan fingerprint density at radius 3 is 3.00 bits per heavy atom. The minimum Gasteiger partial charge on any atom is -0.341 e. The van der Waals surface area contributed by atoms with Gasteiger partial charge in [-0.05, 0) is 18.6 Å². The summed E-state index contributed by atoms with van der Waals surface area (Å²) in [7, 11) is 1.77. The average Bonchev–Trinajstić information content (AvgIpc) is 2.87. The van der Waals surface area contributed by atoms with Crippen molar-refractivity contribution in [3.05, 3.63) is 24.0 Å². The highest BCUT2D eigenvalue weighted by molar-refractivity contribution is 5.93. The number of carbonyl (C=O) groups excluding carboxylic acids is 2. The van der Waals surface area contributed by atoms with Crippen molar-refractivity contribution in [2.75, 3.05) is 20.1 Å². The molecule has 1 aliphatic rings. The number of hydrogen-bond donors (Lipinski definition) is 2. The van der Waals surface area contributed by atoms with Crippen LogP contribution in [0.15, 0.2) is 18.3 Å². The van der Waals surface area contributed by atoms with E-state index in [2.05, 4.69) is 10.6 Å². The SMILES string of the molecule is CCCNC(=O)NCC1Cn2cccc2C(=O)N1C. The molecule has 3 amide bonds. The first-order valence-corrected chi connectivity index (χ1v) is 6.57. The van der Waals surface area contributed by atoms with E-state index in [0.717, 1.165) is 6.42 Å². The Hall–Kier alpha value is -1.98. The third-order valence-electron chi connectivity index (χ3n) is 3.36. The maximum atomic E-state index is 12.1. The first kappa shape index (κ1) is 13.5. The second-order valence-corrected chi connectivity index (χ2v) is 4.75. The van der Waals surface area contributed by atoms with Crippen molar-refractivity contribution in [2.45, 2.75) is 25.9 Å². The van der Waals surface area contributed by atoms with Gasteiger partial charge in [0.1, 0.15) is 5.69 Å². The van der Waals surface area contributed by atoms with Crippen molar-refractivity contribution < 1.29 is 9.59 Å². The lowest BCUT2D eigenvalue weighted by atomic mass is 10.2. The number of urea groups is 1. The number of fused-ring (bicyclic) bond motifs is 1. The zero-order chi connectivity index (χ0) is 13.8. The van der Waals surface area contributed by atoms with E-state index in [9.17, 15) is 9.59 Å². The monoisotopic (exact) mass is 264 g/mol. The molecule has 1 aromatic heterocycles. The number of rotatable bonds is 4. The van der Waals surface area contributed by atoms with Crippen LogP contribution in [0.25, 0.3) is 0 Å². The second-order valence-electron chi connectivity index (χ2n) is 4.75. The number of carbonyl (C=O) groups is 2. The van der Waals surface area contributed by atoms with Crippen molar-refractivity contribution in [3.8, 4) is 0 Å². The van der Waals surface area contributed by atoms with E-state index in [1.165, 1.54) is 0 Å². The lowest BCUT2D eigenvalue weighted by molar-refractivity contribution is 0.0657. The Balaban J connectivity index is 1.92. The van der Waals surface area contributed by atoms with E-state index in [0.29, 0.717) is 25.3 Å². The Morgan fingerprint density at radius 1 is 1.47 bits per heavy atom. The molecule has 2 rings (SSSR count). The van der Waals surface area contributed by atoms with E-state index < -0.39 is 0 Å². The van der Waals surface area contributed by atoms with E-state index >= 15 is 0 Å². The maximum Gasteiger partial charge on any atom is 0.314 e. The molecule has 0 aromatic carbocycles. The quantitative estimate of drug-likeness (QED) is 0.838. The van der Waals surface area contributed by atoms with Gasteiger partial charge in [0.25, 0.3) is 5.91 Å². The van der Waals surface area contributed by atoms with Crippen molar-refractivity contribution in [3.63, 3.8) is 0 Å². The topological polar surface area (TPSA) is 66.4 Å². The standard InChI is InChI=1S/C13H20N4O2/c1-3-6-14-13(19)15-8-10-9-17-7-4-5-11(17)12(18)16(10)2/h4-5,7,10H,3,6,8-9H2,1-2H3,(H2,14,15,19). The molecule has 1 aliphatic heterocycles. The van der Waals surface area contributed by atoms with Gasteiger partial charge in [-0.15, -0.1) is 0 Å². The van der Waals surface area contributed by atoms with Gasteiger partial charge in [0, 0.05) is 32.9 Å². The zero-order valence-corrected chi connectivity index (χ0v) is 11.3. The molecule has 2 heterocycles. The predicted octanol–water partition coefficient (Wildman–Crippen LogP) is 0.651. The maximum absolute atomic E-state index is 12.1. The highest BCUT2D eigenvalue weighted by atomic mass is 16.2. The minimum absolute atomic E-state index is 0.00276. The molecule has 0 spiro atoms. The molecule has 0 saturated carbocycles. The number of likely N-dealkylation sites (N-methyl/N-ethyl adjacent to an activating group) is 1. The molecule has 0 fully saturated rings. The summed E-state index contributed by atoms with van der Waals surface area (Å²) in [6.07, 6.45) is 2.80. The van der Waals surface area contributed by atoms with Crippen LogP contribution in [0, 0.1) is 0 Å². The van der Waals surface area contributed by atoms with Gasteiger partial charge in [0.2, 0.25) is 0 Å². The molecule has 0 bridgehead atoms. The fraction of sp³-hybridized carbons (Fsp3) is 0.538. The Bertz CT molecular complexity index is 469. The number of nitrogens with one attached hydrogen (secondary N) is 2. The van der Waals surface area contributed by atoms with Crippen LogP contribution >= 0.6 is 0 Å². The Labute approximate surface area is 112 Å². The van der Waals surface area contributed by atoms with Crippen LogP contribution in [-0.4, -0.2) is 47.6 Å². The Morgan fingerprint density at radius 2 is 2.26 bits per heavy atom. The summed E-state index contributed by atoms with van der Waals surface area (Å²) in [5, 5.41) is 5.56. The number of aromatic nitrogens is 1. The van der Waals surface area contributed by atoms with Crippen LogP contribution in [0.2, 0.25) is 0 Å². The van der Waals surface area contributed by atoms with Crippen LogP contribution in [-0.2, 0) is 6.54 Å². The third-order valence-corrected chi connectivity index (χ3v) is 3.36. The number of hydrogen-bond acceptors (Lipinski definition) is 2. The summed E-state index contributed by atoms with van der Waals surface area (Å²) in [6.45, 7) is 3.82. The van der Waals surface area contributed by atoms with Gasteiger partial charge in [-0.25, -0.2) is 4.79 Å². The smallest absolute Gasteiger partial charge is 0.314 e.